The number of rotatable bonds is 4. The Morgan fingerprint density at radius 1 is 1.22 bits per heavy atom. The van der Waals surface area contributed by atoms with Gasteiger partial charge in [-0.2, -0.15) is 0 Å². The van der Waals surface area contributed by atoms with Crippen LogP contribution in [0.1, 0.15) is 5.56 Å². The molecule has 0 bridgehead atoms. The molecule has 0 spiro atoms. The van der Waals surface area contributed by atoms with Crippen LogP contribution in [0, 0.1) is 0 Å². The highest BCUT2D eigenvalue weighted by Gasteiger charge is 2.10. The molecule has 1 N–H and O–H groups in total. The van der Waals surface area contributed by atoms with Crippen molar-refractivity contribution in [1.29, 1.82) is 0 Å². The SMILES string of the molecule is COc1c(Cl)ncnc1NCc1ccccc1Cl. The minimum Gasteiger partial charge on any atom is -0.490 e. The van der Waals surface area contributed by atoms with Crippen molar-refractivity contribution in [3.63, 3.8) is 0 Å². The van der Waals surface area contributed by atoms with Gasteiger partial charge in [0.1, 0.15) is 6.33 Å². The summed E-state index contributed by atoms with van der Waals surface area (Å²) in [5.41, 5.74) is 0.968. The van der Waals surface area contributed by atoms with Crippen LogP contribution in [0.4, 0.5) is 5.82 Å². The third-order valence-electron chi connectivity index (χ3n) is 2.37. The fraction of sp³-hybridized carbons (Fsp3) is 0.167. The Kier molecular flexibility index (Phi) is 4.23. The molecule has 94 valence electrons. The second-order valence-corrected chi connectivity index (χ2v) is 4.26. The Morgan fingerprint density at radius 3 is 2.72 bits per heavy atom. The first-order valence-corrected chi connectivity index (χ1v) is 5.99. The summed E-state index contributed by atoms with van der Waals surface area (Å²) in [6.45, 7) is 0.531. The summed E-state index contributed by atoms with van der Waals surface area (Å²) in [6, 6.07) is 7.58. The number of halogens is 2. The molecule has 1 aromatic carbocycles. The van der Waals surface area contributed by atoms with Gasteiger partial charge in [0.15, 0.2) is 16.7 Å². The largest absolute Gasteiger partial charge is 0.490 e. The summed E-state index contributed by atoms with van der Waals surface area (Å²) in [5, 5.41) is 4.09. The number of anilines is 1. The van der Waals surface area contributed by atoms with Gasteiger partial charge < -0.3 is 10.1 Å². The fourth-order valence-corrected chi connectivity index (χ4v) is 1.89. The van der Waals surface area contributed by atoms with Gasteiger partial charge in [0.05, 0.1) is 7.11 Å². The first-order valence-electron chi connectivity index (χ1n) is 5.24. The number of hydrogen-bond donors (Lipinski definition) is 1. The maximum Gasteiger partial charge on any atom is 0.198 e. The molecule has 0 aliphatic heterocycles. The molecule has 0 radical (unpaired) electrons. The van der Waals surface area contributed by atoms with Gasteiger partial charge in [-0.25, -0.2) is 9.97 Å². The van der Waals surface area contributed by atoms with Gasteiger partial charge in [-0.1, -0.05) is 41.4 Å². The van der Waals surface area contributed by atoms with E-state index in [9.17, 15) is 0 Å². The molecule has 0 saturated carbocycles. The van der Waals surface area contributed by atoms with Crippen LogP contribution >= 0.6 is 23.2 Å². The van der Waals surface area contributed by atoms with Crippen LogP contribution in [0.2, 0.25) is 10.2 Å². The highest BCUT2D eigenvalue weighted by molar-refractivity contribution is 6.31. The van der Waals surface area contributed by atoms with Gasteiger partial charge >= 0.3 is 0 Å². The molecule has 2 aromatic rings. The van der Waals surface area contributed by atoms with Gasteiger partial charge in [0.2, 0.25) is 0 Å². The molecular weight excluding hydrogens is 273 g/mol. The van der Waals surface area contributed by atoms with E-state index in [2.05, 4.69) is 15.3 Å². The van der Waals surface area contributed by atoms with E-state index in [1.807, 2.05) is 24.3 Å². The van der Waals surface area contributed by atoms with E-state index in [1.54, 1.807) is 0 Å². The molecule has 0 fully saturated rings. The summed E-state index contributed by atoms with van der Waals surface area (Å²) < 4.78 is 5.14. The molecular formula is C12H11Cl2N3O. The van der Waals surface area contributed by atoms with Gasteiger partial charge in [-0.15, -0.1) is 0 Å². The Morgan fingerprint density at radius 2 is 2.00 bits per heavy atom. The quantitative estimate of drug-likeness (QED) is 0.874. The van der Waals surface area contributed by atoms with E-state index in [0.717, 1.165) is 5.56 Å². The Labute approximate surface area is 115 Å². The van der Waals surface area contributed by atoms with Crippen LogP contribution in [-0.2, 0) is 6.54 Å². The maximum atomic E-state index is 6.07. The lowest BCUT2D eigenvalue weighted by atomic mass is 10.2. The van der Waals surface area contributed by atoms with Crippen LogP contribution in [0.15, 0.2) is 30.6 Å². The van der Waals surface area contributed by atoms with Crippen molar-refractivity contribution >= 4 is 29.0 Å². The van der Waals surface area contributed by atoms with Crippen LogP contribution in [0.3, 0.4) is 0 Å². The number of aromatic nitrogens is 2. The number of nitrogens with zero attached hydrogens (tertiary/aromatic N) is 2. The number of nitrogens with one attached hydrogen (secondary N) is 1. The zero-order valence-corrected chi connectivity index (χ0v) is 11.2. The summed E-state index contributed by atoms with van der Waals surface area (Å²) in [4.78, 5) is 7.93. The number of benzene rings is 1. The molecule has 0 saturated heterocycles. The van der Waals surface area contributed by atoms with Crippen molar-refractivity contribution in [1.82, 2.24) is 9.97 Å². The van der Waals surface area contributed by atoms with E-state index in [-0.39, 0.29) is 5.15 Å². The van der Waals surface area contributed by atoms with Crippen molar-refractivity contribution in [3.05, 3.63) is 46.3 Å². The van der Waals surface area contributed by atoms with Crippen LogP contribution < -0.4 is 10.1 Å². The highest BCUT2D eigenvalue weighted by Crippen LogP contribution is 2.29. The normalized spacial score (nSPS) is 10.2. The van der Waals surface area contributed by atoms with E-state index >= 15 is 0 Å². The van der Waals surface area contributed by atoms with Crippen molar-refractivity contribution in [2.45, 2.75) is 6.54 Å². The summed E-state index contributed by atoms with van der Waals surface area (Å²) >= 11 is 12.0. The lowest BCUT2D eigenvalue weighted by Crippen LogP contribution is -2.04. The van der Waals surface area contributed by atoms with Gasteiger partial charge in [0, 0.05) is 11.6 Å². The fourth-order valence-electron chi connectivity index (χ4n) is 1.48. The Bertz CT molecular complexity index is 549. The van der Waals surface area contributed by atoms with Crippen molar-refractivity contribution in [2.75, 3.05) is 12.4 Å². The van der Waals surface area contributed by atoms with Crippen molar-refractivity contribution < 1.29 is 4.74 Å². The molecule has 2 rings (SSSR count). The lowest BCUT2D eigenvalue weighted by Gasteiger charge is -2.11. The molecule has 1 heterocycles. The van der Waals surface area contributed by atoms with E-state index in [1.165, 1.54) is 13.4 Å². The summed E-state index contributed by atoms with van der Waals surface area (Å²) in [6.07, 6.45) is 1.37. The first-order chi connectivity index (χ1) is 8.72. The molecule has 1 aromatic heterocycles. The first kappa shape index (κ1) is 12.9. The van der Waals surface area contributed by atoms with Crippen molar-refractivity contribution in [2.24, 2.45) is 0 Å². The third kappa shape index (κ3) is 2.83. The van der Waals surface area contributed by atoms with Gasteiger partial charge in [-0.05, 0) is 11.6 Å². The number of ether oxygens (including phenoxy) is 1. The molecule has 0 aliphatic carbocycles. The van der Waals surface area contributed by atoms with Crippen LogP contribution in [0.5, 0.6) is 5.75 Å². The third-order valence-corrected chi connectivity index (χ3v) is 3.01. The van der Waals surface area contributed by atoms with E-state index < -0.39 is 0 Å². The summed E-state index contributed by atoms with van der Waals surface area (Å²) in [5.74, 6) is 0.962. The monoisotopic (exact) mass is 283 g/mol. The molecule has 0 amide bonds. The zero-order valence-electron chi connectivity index (χ0n) is 9.65. The topological polar surface area (TPSA) is 47.0 Å². The predicted molar refractivity (Wildman–Crippen MR) is 72.4 cm³/mol. The van der Waals surface area contributed by atoms with Gasteiger partial charge in [-0.3, -0.25) is 0 Å². The van der Waals surface area contributed by atoms with Crippen LogP contribution in [-0.4, -0.2) is 17.1 Å². The minimum atomic E-state index is 0.272. The average Bonchev–Trinajstić information content (AvgIpc) is 2.38. The lowest BCUT2D eigenvalue weighted by molar-refractivity contribution is 0.413. The van der Waals surface area contributed by atoms with E-state index in [0.29, 0.717) is 23.1 Å². The molecule has 0 aliphatic rings. The molecule has 4 nitrogen and oxygen atoms in total. The predicted octanol–water partition coefficient (Wildman–Crippen LogP) is 3.40. The van der Waals surface area contributed by atoms with E-state index in [4.69, 9.17) is 27.9 Å². The molecule has 0 atom stereocenters. The van der Waals surface area contributed by atoms with Gasteiger partial charge in [0.25, 0.3) is 0 Å². The molecule has 18 heavy (non-hydrogen) atoms. The molecule has 6 heteroatoms. The van der Waals surface area contributed by atoms with Crippen LogP contribution in [0.25, 0.3) is 0 Å². The smallest absolute Gasteiger partial charge is 0.198 e. The second kappa shape index (κ2) is 5.89. The standard InChI is InChI=1S/C12H11Cl2N3O/c1-18-10-11(14)16-7-17-12(10)15-6-8-4-2-3-5-9(8)13/h2-5,7H,6H2,1H3,(H,15,16,17). The minimum absolute atomic E-state index is 0.272. The number of hydrogen-bond acceptors (Lipinski definition) is 4. The second-order valence-electron chi connectivity index (χ2n) is 3.49. The summed E-state index contributed by atoms with van der Waals surface area (Å²) in [7, 11) is 1.52. The molecule has 0 unspecified atom stereocenters. The van der Waals surface area contributed by atoms with Crippen molar-refractivity contribution in [3.8, 4) is 5.75 Å². The highest BCUT2D eigenvalue weighted by atomic mass is 35.5. The number of methoxy groups -OCH3 is 1. The average molecular weight is 284 g/mol. The zero-order chi connectivity index (χ0) is 13.0. The maximum absolute atomic E-state index is 6.07. The Balaban J connectivity index is 2.16. The Hall–Kier alpha value is -1.52.